The van der Waals surface area contributed by atoms with Crippen LogP contribution in [0, 0.1) is 12.8 Å². The Morgan fingerprint density at radius 1 is 1.18 bits per heavy atom. The molecular formula is C23H25NO4. The third kappa shape index (κ3) is 3.68. The summed E-state index contributed by atoms with van der Waals surface area (Å²) in [6.45, 7) is 6.77. The SMILES string of the molecule is Cc1ccc2occ([C@@H]3C[C@@H](OCC(C)C)ON3c3ccccc3)c(=O)c2c1. The normalized spacial score (nSPS) is 19.6. The van der Waals surface area contributed by atoms with Crippen molar-refractivity contribution in [3.05, 3.63) is 76.1 Å². The molecule has 2 aromatic carbocycles. The fourth-order valence-electron chi connectivity index (χ4n) is 3.48. The molecule has 1 aliphatic rings. The smallest absolute Gasteiger partial charge is 0.198 e. The molecule has 1 aromatic heterocycles. The summed E-state index contributed by atoms with van der Waals surface area (Å²) in [7, 11) is 0. The highest BCUT2D eigenvalue weighted by molar-refractivity contribution is 5.77. The van der Waals surface area contributed by atoms with Crippen molar-refractivity contribution in [2.45, 2.75) is 39.5 Å². The highest BCUT2D eigenvalue weighted by Gasteiger charge is 2.37. The molecule has 5 heteroatoms. The topological polar surface area (TPSA) is 51.9 Å². The molecule has 146 valence electrons. The Labute approximate surface area is 164 Å². The van der Waals surface area contributed by atoms with E-state index in [1.54, 1.807) is 11.3 Å². The van der Waals surface area contributed by atoms with Gasteiger partial charge in [0.05, 0.1) is 29.3 Å². The molecule has 2 heterocycles. The second-order valence-corrected chi connectivity index (χ2v) is 7.69. The molecule has 0 saturated carbocycles. The third-order valence-corrected chi connectivity index (χ3v) is 4.87. The summed E-state index contributed by atoms with van der Waals surface area (Å²) in [6.07, 6.45) is 1.72. The van der Waals surface area contributed by atoms with Gasteiger partial charge in [0.25, 0.3) is 0 Å². The summed E-state index contributed by atoms with van der Waals surface area (Å²) in [5.74, 6) is 0.404. The van der Waals surface area contributed by atoms with E-state index in [0.29, 0.717) is 35.5 Å². The second kappa shape index (κ2) is 7.78. The van der Waals surface area contributed by atoms with E-state index < -0.39 is 6.29 Å². The maximum Gasteiger partial charge on any atom is 0.198 e. The number of hydrogen-bond donors (Lipinski definition) is 0. The lowest BCUT2D eigenvalue weighted by Gasteiger charge is -2.24. The Hall–Kier alpha value is -2.63. The van der Waals surface area contributed by atoms with Crippen molar-refractivity contribution in [1.82, 2.24) is 0 Å². The van der Waals surface area contributed by atoms with Gasteiger partial charge in [-0.15, -0.1) is 0 Å². The van der Waals surface area contributed by atoms with Crippen LogP contribution >= 0.6 is 0 Å². The van der Waals surface area contributed by atoms with E-state index in [9.17, 15) is 4.79 Å². The van der Waals surface area contributed by atoms with E-state index in [4.69, 9.17) is 14.0 Å². The number of aryl methyl sites for hydroxylation is 1. The van der Waals surface area contributed by atoms with Gasteiger partial charge >= 0.3 is 0 Å². The summed E-state index contributed by atoms with van der Waals surface area (Å²) < 4.78 is 11.7. The summed E-state index contributed by atoms with van der Waals surface area (Å²) in [5.41, 5.74) is 3.06. The van der Waals surface area contributed by atoms with Gasteiger partial charge in [0.2, 0.25) is 0 Å². The van der Waals surface area contributed by atoms with Gasteiger partial charge in [0.15, 0.2) is 11.7 Å². The number of hydroxylamine groups is 1. The number of para-hydroxylation sites is 1. The number of ether oxygens (including phenoxy) is 1. The van der Waals surface area contributed by atoms with Gasteiger partial charge < -0.3 is 9.15 Å². The predicted octanol–water partition coefficient (Wildman–Crippen LogP) is 4.98. The van der Waals surface area contributed by atoms with Crippen LogP contribution in [-0.4, -0.2) is 12.9 Å². The van der Waals surface area contributed by atoms with Gasteiger partial charge in [0.1, 0.15) is 11.8 Å². The van der Waals surface area contributed by atoms with Crippen LogP contribution in [0.15, 0.2) is 64.0 Å². The Bertz CT molecular complexity index is 1010. The van der Waals surface area contributed by atoms with Crippen LogP contribution in [0.4, 0.5) is 5.69 Å². The molecule has 0 unspecified atom stereocenters. The van der Waals surface area contributed by atoms with E-state index in [1.807, 2.05) is 55.5 Å². The van der Waals surface area contributed by atoms with Gasteiger partial charge in [-0.25, -0.2) is 9.90 Å². The van der Waals surface area contributed by atoms with E-state index in [2.05, 4.69) is 13.8 Å². The van der Waals surface area contributed by atoms with Crippen LogP contribution in [0.2, 0.25) is 0 Å². The van der Waals surface area contributed by atoms with E-state index in [-0.39, 0.29) is 11.5 Å². The van der Waals surface area contributed by atoms with Gasteiger partial charge in [-0.2, -0.15) is 0 Å². The maximum absolute atomic E-state index is 13.2. The summed E-state index contributed by atoms with van der Waals surface area (Å²) in [4.78, 5) is 19.3. The highest BCUT2D eigenvalue weighted by atomic mass is 16.8. The summed E-state index contributed by atoms with van der Waals surface area (Å²) in [6, 6.07) is 15.2. The lowest BCUT2D eigenvalue weighted by atomic mass is 10.0. The lowest BCUT2D eigenvalue weighted by Crippen LogP contribution is -2.26. The Kier molecular flexibility index (Phi) is 5.20. The van der Waals surface area contributed by atoms with Crippen LogP contribution in [0.5, 0.6) is 0 Å². The van der Waals surface area contributed by atoms with Gasteiger partial charge in [-0.3, -0.25) is 4.79 Å². The van der Waals surface area contributed by atoms with Crippen LogP contribution in [0.25, 0.3) is 11.0 Å². The number of benzene rings is 2. The maximum atomic E-state index is 13.2. The molecule has 0 aliphatic carbocycles. The molecule has 4 rings (SSSR count). The van der Waals surface area contributed by atoms with Crippen molar-refractivity contribution < 1.29 is 14.0 Å². The van der Waals surface area contributed by atoms with Crippen LogP contribution in [0.3, 0.4) is 0 Å². The zero-order valence-corrected chi connectivity index (χ0v) is 16.4. The van der Waals surface area contributed by atoms with E-state index in [1.165, 1.54) is 0 Å². The molecular weight excluding hydrogens is 354 g/mol. The molecule has 1 saturated heterocycles. The molecule has 2 atom stereocenters. The van der Waals surface area contributed by atoms with E-state index in [0.717, 1.165) is 11.3 Å². The fourth-order valence-corrected chi connectivity index (χ4v) is 3.48. The average molecular weight is 379 g/mol. The van der Waals surface area contributed by atoms with Crippen molar-refractivity contribution in [2.24, 2.45) is 5.92 Å². The Balaban J connectivity index is 1.73. The number of hydrogen-bond acceptors (Lipinski definition) is 5. The zero-order chi connectivity index (χ0) is 19.7. The van der Waals surface area contributed by atoms with Crippen molar-refractivity contribution in [1.29, 1.82) is 0 Å². The van der Waals surface area contributed by atoms with Crippen LogP contribution in [-0.2, 0) is 9.57 Å². The molecule has 3 aromatic rings. The molecule has 1 aliphatic heterocycles. The minimum absolute atomic E-state index is 0.0241. The van der Waals surface area contributed by atoms with Crippen LogP contribution < -0.4 is 10.5 Å². The monoisotopic (exact) mass is 379 g/mol. The zero-order valence-electron chi connectivity index (χ0n) is 16.4. The predicted molar refractivity (Wildman–Crippen MR) is 109 cm³/mol. The molecule has 0 radical (unpaired) electrons. The molecule has 0 spiro atoms. The standard InChI is InChI=1S/C23H25NO4/c1-15(2)13-27-22-12-20(24(28-22)17-7-5-4-6-8-17)19-14-26-21-10-9-16(3)11-18(21)23(19)25/h4-11,14-15,20,22H,12-13H2,1-3H3/t20-,22-/m0/s1. The highest BCUT2D eigenvalue weighted by Crippen LogP contribution is 2.37. The molecule has 1 fully saturated rings. The minimum Gasteiger partial charge on any atom is -0.464 e. The lowest BCUT2D eigenvalue weighted by molar-refractivity contribution is -0.125. The third-order valence-electron chi connectivity index (χ3n) is 4.87. The summed E-state index contributed by atoms with van der Waals surface area (Å²) >= 11 is 0. The quantitative estimate of drug-likeness (QED) is 0.625. The Morgan fingerprint density at radius 2 is 1.96 bits per heavy atom. The first-order chi connectivity index (χ1) is 13.5. The first kappa shape index (κ1) is 18.7. The molecule has 28 heavy (non-hydrogen) atoms. The van der Waals surface area contributed by atoms with Crippen molar-refractivity contribution in [3.63, 3.8) is 0 Å². The van der Waals surface area contributed by atoms with Crippen LogP contribution in [0.1, 0.15) is 37.4 Å². The van der Waals surface area contributed by atoms with E-state index >= 15 is 0 Å². The second-order valence-electron chi connectivity index (χ2n) is 7.69. The van der Waals surface area contributed by atoms with Gasteiger partial charge in [-0.05, 0) is 37.1 Å². The number of anilines is 1. The molecule has 5 nitrogen and oxygen atoms in total. The first-order valence-electron chi connectivity index (χ1n) is 9.67. The first-order valence-corrected chi connectivity index (χ1v) is 9.67. The van der Waals surface area contributed by atoms with Gasteiger partial charge in [-0.1, -0.05) is 43.7 Å². The molecule has 0 N–H and O–H groups in total. The Morgan fingerprint density at radius 3 is 2.71 bits per heavy atom. The largest absolute Gasteiger partial charge is 0.464 e. The fraction of sp³-hybridized carbons (Fsp3) is 0.348. The van der Waals surface area contributed by atoms with Crippen molar-refractivity contribution in [2.75, 3.05) is 11.7 Å². The van der Waals surface area contributed by atoms with Gasteiger partial charge in [0, 0.05) is 6.42 Å². The molecule has 0 bridgehead atoms. The number of rotatable bonds is 5. The average Bonchev–Trinajstić information content (AvgIpc) is 3.12. The summed E-state index contributed by atoms with van der Waals surface area (Å²) in [5, 5.41) is 2.37. The van der Waals surface area contributed by atoms with Crippen molar-refractivity contribution in [3.8, 4) is 0 Å². The number of nitrogens with zero attached hydrogens (tertiary/aromatic N) is 1. The molecule has 0 amide bonds. The number of fused-ring (bicyclic) bond motifs is 1. The minimum atomic E-state index is -0.403. The van der Waals surface area contributed by atoms with Crippen molar-refractivity contribution >= 4 is 16.7 Å².